The molecule has 4 nitrogen and oxygen atoms in total. The molecule has 0 spiro atoms. The van der Waals surface area contributed by atoms with Gasteiger partial charge in [-0.2, -0.15) is 11.8 Å². The summed E-state index contributed by atoms with van der Waals surface area (Å²) in [6, 6.07) is -0.345. The lowest BCUT2D eigenvalue weighted by Gasteiger charge is -2.32. The van der Waals surface area contributed by atoms with E-state index in [1.165, 1.54) is 0 Å². The van der Waals surface area contributed by atoms with Gasteiger partial charge in [0.15, 0.2) is 0 Å². The van der Waals surface area contributed by atoms with E-state index in [9.17, 15) is 4.79 Å². The van der Waals surface area contributed by atoms with Crippen molar-refractivity contribution in [3.05, 3.63) is 0 Å². The van der Waals surface area contributed by atoms with Crippen LogP contribution in [0, 0.1) is 0 Å². The van der Waals surface area contributed by atoms with E-state index < -0.39 is 0 Å². The lowest BCUT2D eigenvalue weighted by atomic mass is 10.2. The second-order valence-electron chi connectivity index (χ2n) is 3.85. The molecule has 2 N–H and O–H groups in total. The molecule has 0 bridgehead atoms. The predicted octanol–water partition coefficient (Wildman–Crippen LogP) is 0.314. The summed E-state index contributed by atoms with van der Waals surface area (Å²) in [4.78, 5) is 13.7. The number of nitrogens with two attached hydrogens (primary N) is 1. The third-order valence-corrected chi connectivity index (χ3v) is 3.15. The summed E-state index contributed by atoms with van der Waals surface area (Å²) in [5.74, 6) is 1.01. The van der Waals surface area contributed by atoms with Crippen molar-refractivity contribution in [3.63, 3.8) is 0 Å². The second kappa shape index (κ2) is 6.35. The van der Waals surface area contributed by atoms with Gasteiger partial charge in [-0.3, -0.25) is 4.79 Å². The SMILES string of the molecule is CSCCC(N)C(=O)N1CCOC(C)C1. The maximum Gasteiger partial charge on any atom is 0.239 e. The average Bonchev–Trinajstić information content (AvgIpc) is 2.24. The normalized spacial score (nSPS) is 23.9. The Morgan fingerprint density at radius 1 is 1.73 bits per heavy atom. The van der Waals surface area contributed by atoms with E-state index in [4.69, 9.17) is 10.5 Å². The van der Waals surface area contributed by atoms with Crippen molar-refractivity contribution in [2.75, 3.05) is 31.7 Å². The van der Waals surface area contributed by atoms with E-state index in [1.807, 2.05) is 18.1 Å². The van der Waals surface area contributed by atoms with Gasteiger partial charge >= 0.3 is 0 Å². The molecule has 1 aliphatic rings. The van der Waals surface area contributed by atoms with Crippen LogP contribution < -0.4 is 5.73 Å². The molecule has 1 heterocycles. The summed E-state index contributed by atoms with van der Waals surface area (Å²) in [5.41, 5.74) is 5.83. The number of ether oxygens (including phenoxy) is 1. The molecule has 0 aromatic rings. The second-order valence-corrected chi connectivity index (χ2v) is 4.84. The van der Waals surface area contributed by atoms with Gasteiger partial charge in [0.25, 0.3) is 0 Å². The zero-order chi connectivity index (χ0) is 11.3. The molecule has 1 saturated heterocycles. The van der Waals surface area contributed by atoms with Crippen LogP contribution in [0.15, 0.2) is 0 Å². The fourth-order valence-corrected chi connectivity index (χ4v) is 2.11. The van der Waals surface area contributed by atoms with Crippen molar-refractivity contribution in [2.24, 2.45) is 5.73 Å². The Bertz CT molecular complexity index is 214. The van der Waals surface area contributed by atoms with E-state index in [-0.39, 0.29) is 18.1 Å². The summed E-state index contributed by atoms with van der Waals surface area (Å²) in [6.07, 6.45) is 2.91. The molecule has 0 aliphatic carbocycles. The molecule has 2 unspecified atom stereocenters. The van der Waals surface area contributed by atoms with Crippen molar-refractivity contribution in [2.45, 2.75) is 25.5 Å². The summed E-state index contributed by atoms with van der Waals surface area (Å²) in [6.45, 7) is 3.96. The number of thioether (sulfide) groups is 1. The summed E-state index contributed by atoms with van der Waals surface area (Å²) in [5, 5.41) is 0. The molecule has 1 aliphatic heterocycles. The van der Waals surface area contributed by atoms with Gasteiger partial charge in [0.2, 0.25) is 5.91 Å². The van der Waals surface area contributed by atoms with Gasteiger partial charge in [-0.15, -0.1) is 0 Å². The Balaban J connectivity index is 2.37. The quantitative estimate of drug-likeness (QED) is 0.758. The van der Waals surface area contributed by atoms with Gasteiger partial charge in [0.05, 0.1) is 18.8 Å². The molecule has 0 aromatic carbocycles. The fraction of sp³-hybridized carbons (Fsp3) is 0.900. The average molecular weight is 232 g/mol. The number of morpholine rings is 1. The molecular weight excluding hydrogens is 212 g/mol. The van der Waals surface area contributed by atoms with Crippen LogP contribution in [0.25, 0.3) is 0 Å². The van der Waals surface area contributed by atoms with Gasteiger partial charge in [-0.05, 0) is 25.4 Å². The van der Waals surface area contributed by atoms with Gasteiger partial charge in [0, 0.05) is 13.1 Å². The number of amides is 1. The largest absolute Gasteiger partial charge is 0.375 e. The van der Waals surface area contributed by atoms with Crippen LogP contribution in [0.2, 0.25) is 0 Å². The van der Waals surface area contributed by atoms with Crippen LogP contribution in [-0.4, -0.2) is 54.7 Å². The van der Waals surface area contributed by atoms with E-state index in [2.05, 4.69) is 0 Å². The van der Waals surface area contributed by atoms with Gasteiger partial charge in [-0.1, -0.05) is 0 Å². The predicted molar refractivity (Wildman–Crippen MR) is 63.0 cm³/mol. The molecule has 0 radical (unpaired) electrons. The Morgan fingerprint density at radius 3 is 3.07 bits per heavy atom. The highest BCUT2D eigenvalue weighted by Crippen LogP contribution is 2.08. The molecule has 0 aromatic heterocycles. The van der Waals surface area contributed by atoms with E-state index in [1.54, 1.807) is 11.8 Å². The molecular formula is C10H20N2O2S. The number of hydrogen-bond donors (Lipinski definition) is 1. The van der Waals surface area contributed by atoms with E-state index in [0.29, 0.717) is 19.7 Å². The van der Waals surface area contributed by atoms with Crippen LogP contribution in [0.1, 0.15) is 13.3 Å². The van der Waals surface area contributed by atoms with Gasteiger partial charge in [-0.25, -0.2) is 0 Å². The Hall–Kier alpha value is -0.260. The summed E-state index contributed by atoms with van der Waals surface area (Å²) in [7, 11) is 0. The summed E-state index contributed by atoms with van der Waals surface area (Å²) < 4.78 is 5.38. The highest BCUT2D eigenvalue weighted by Gasteiger charge is 2.25. The number of hydrogen-bond acceptors (Lipinski definition) is 4. The van der Waals surface area contributed by atoms with Crippen molar-refractivity contribution < 1.29 is 9.53 Å². The Kier molecular flexibility index (Phi) is 5.42. The molecule has 1 amide bonds. The molecule has 1 fully saturated rings. The Labute approximate surface area is 95.5 Å². The fourth-order valence-electron chi connectivity index (χ4n) is 1.62. The first-order valence-electron chi connectivity index (χ1n) is 5.30. The monoisotopic (exact) mass is 232 g/mol. The highest BCUT2D eigenvalue weighted by molar-refractivity contribution is 7.98. The minimum absolute atomic E-state index is 0.0687. The van der Waals surface area contributed by atoms with E-state index >= 15 is 0 Å². The van der Waals surface area contributed by atoms with Crippen molar-refractivity contribution >= 4 is 17.7 Å². The standard InChI is InChI=1S/C10H20N2O2S/c1-8-7-12(4-5-14-8)10(13)9(11)3-6-15-2/h8-9H,3-7,11H2,1-2H3. The first-order chi connectivity index (χ1) is 7.15. The van der Waals surface area contributed by atoms with Crippen LogP contribution in [0.4, 0.5) is 0 Å². The molecule has 2 atom stereocenters. The molecule has 15 heavy (non-hydrogen) atoms. The highest BCUT2D eigenvalue weighted by atomic mass is 32.2. The number of nitrogens with zero attached hydrogens (tertiary/aromatic N) is 1. The third-order valence-electron chi connectivity index (χ3n) is 2.50. The first kappa shape index (κ1) is 12.8. The summed E-state index contributed by atoms with van der Waals surface area (Å²) >= 11 is 1.72. The minimum atomic E-state index is -0.345. The number of rotatable bonds is 4. The van der Waals surface area contributed by atoms with Gasteiger partial charge < -0.3 is 15.4 Å². The maximum atomic E-state index is 11.9. The zero-order valence-electron chi connectivity index (χ0n) is 9.44. The van der Waals surface area contributed by atoms with E-state index in [0.717, 1.165) is 12.2 Å². The van der Waals surface area contributed by atoms with Crippen LogP contribution in [0.3, 0.4) is 0 Å². The smallest absolute Gasteiger partial charge is 0.239 e. The minimum Gasteiger partial charge on any atom is -0.375 e. The number of carbonyl (C=O) groups is 1. The lowest BCUT2D eigenvalue weighted by molar-refractivity contribution is -0.139. The maximum absolute atomic E-state index is 11.9. The molecule has 1 rings (SSSR count). The third kappa shape index (κ3) is 4.01. The number of carbonyl (C=O) groups excluding carboxylic acids is 1. The van der Waals surface area contributed by atoms with Crippen LogP contribution >= 0.6 is 11.8 Å². The topological polar surface area (TPSA) is 55.6 Å². The van der Waals surface area contributed by atoms with Crippen molar-refractivity contribution in [1.29, 1.82) is 0 Å². The van der Waals surface area contributed by atoms with Crippen LogP contribution in [-0.2, 0) is 9.53 Å². The van der Waals surface area contributed by atoms with Crippen LogP contribution in [0.5, 0.6) is 0 Å². The van der Waals surface area contributed by atoms with Crippen molar-refractivity contribution in [1.82, 2.24) is 4.90 Å². The Morgan fingerprint density at radius 2 is 2.47 bits per heavy atom. The molecule has 0 saturated carbocycles. The zero-order valence-corrected chi connectivity index (χ0v) is 10.3. The van der Waals surface area contributed by atoms with Gasteiger partial charge in [0.1, 0.15) is 0 Å². The molecule has 5 heteroatoms. The first-order valence-corrected chi connectivity index (χ1v) is 6.69. The molecule has 88 valence electrons. The lowest BCUT2D eigenvalue weighted by Crippen LogP contribution is -2.50. The van der Waals surface area contributed by atoms with Crippen molar-refractivity contribution in [3.8, 4) is 0 Å².